The van der Waals surface area contributed by atoms with Crippen molar-refractivity contribution >= 4 is 84.3 Å². The molecule has 0 spiro atoms. The van der Waals surface area contributed by atoms with Crippen LogP contribution >= 0.6 is 10.7 Å². The van der Waals surface area contributed by atoms with Gasteiger partial charge in [-0.15, -0.1) is 0 Å². The number of non-ortho nitro benzene ring substituents is 2. The number of nitrogen functional groups attached to an aromatic ring is 1. The van der Waals surface area contributed by atoms with Crippen LogP contribution in [0.4, 0.5) is 46.4 Å². The van der Waals surface area contributed by atoms with Crippen LogP contribution in [0.5, 0.6) is 0 Å². The highest BCUT2D eigenvalue weighted by Crippen LogP contribution is 2.31. The summed E-state index contributed by atoms with van der Waals surface area (Å²) in [6.45, 7) is 28.6. The molecule has 0 radical (unpaired) electrons. The van der Waals surface area contributed by atoms with Gasteiger partial charge < -0.3 is 21.7 Å². The van der Waals surface area contributed by atoms with E-state index in [1.165, 1.54) is 88.4 Å². The first-order valence-electron chi connectivity index (χ1n) is 30.2. The first-order chi connectivity index (χ1) is 43.9. The van der Waals surface area contributed by atoms with Crippen molar-refractivity contribution in [3.63, 3.8) is 0 Å². The van der Waals surface area contributed by atoms with Crippen molar-refractivity contribution in [3.8, 4) is 0 Å². The summed E-state index contributed by atoms with van der Waals surface area (Å²) in [7, 11) is -9.70. The van der Waals surface area contributed by atoms with E-state index in [1.54, 1.807) is 22.5 Å². The summed E-state index contributed by atoms with van der Waals surface area (Å²) in [6.07, 6.45) is -4.46. The van der Waals surface area contributed by atoms with E-state index in [-0.39, 0.29) is 42.3 Å². The zero-order chi connectivity index (χ0) is 69.9. The van der Waals surface area contributed by atoms with Crippen LogP contribution in [0.15, 0.2) is 141 Å². The van der Waals surface area contributed by atoms with E-state index in [0.717, 1.165) is 68.6 Å². The molecule has 0 saturated carbocycles. The second kappa shape index (κ2) is 35.0. The van der Waals surface area contributed by atoms with Crippen molar-refractivity contribution < 1.29 is 61.5 Å². The number of anilines is 3. The number of piperazine rings is 4. The van der Waals surface area contributed by atoms with Gasteiger partial charge in [-0.2, -0.15) is 26.1 Å². The fourth-order valence-corrected chi connectivity index (χ4v) is 15.2. The van der Waals surface area contributed by atoms with E-state index in [1.807, 2.05) is 0 Å². The molecule has 520 valence electrons. The molecule has 5 aromatic carbocycles. The molecule has 2 amide bonds. The molecule has 0 bridgehead atoms. The highest BCUT2D eigenvalue weighted by Gasteiger charge is 2.34. The lowest BCUT2D eigenvalue weighted by Gasteiger charge is -2.36. The number of benzene rings is 5. The van der Waals surface area contributed by atoms with E-state index in [9.17, 15) is 71.9 Å². The molecule has 26 nitrogen and oxygen atoms in total. The van der Waals surface area contributed by atoms with Gasteiger partial charge in [-0.1, -0.05) is 24.3 Å². The minimum absolute atomic E-state index is 0.0188. The van der Waals surface area contributed by atoms with Gasteiger partial charge in [0.1, 0.15) is 0 Å². The predicted octanol–water partition coefficient (Wildman–Crippen LogP) is 8.18. The lowest BCUT2D eigenvalue weighted by Crippen LogP contribution is -2.50. The number of hydrogen-bond donors (Lipinski definition) is 4. The fourth-order valence-electron chi connectivity index (χ4n) is 9.98. The quantitative estimate of drug-likeness (QED) is 0.0332. The summed E-state index contributed by atoms with van der Waals surface area (Å²) in [5.41, 5.74) is 5.21. The van der Waals surface area contributed by atoms with Gasteiger partial charge in [0, 0.05) is 181 Å². The van der Waals surface area contributed by atoms with Crippen LogP contribution in [0, 0.1) is 20.2 Å². The van der Waals surface area contributed by atoms with Crippen LogP contribution in [-0.2, 0) is 45.3 Å². The third-order valence-electron chi connectivity index (χ3n) is 15.6. The number of carbonyl (C=O) groups is 1. The van der Waals surface area contributed by atoms with Crippen LogP contribution in [0.2, 0.25) is 0 Å². The lowest BCUT2D eigenvalue weighted by atomic mass is 10.2. The Kier molecular flexibility index (Phi) is 29.1. The molecule has 4 heterocycles. The highest BCUT2D eigenvalue weighted by atomic mass is 35.7. The number of alkyl halides is 3. The number of urea groups is 1. The molecule has 4 aliphatic rings. The van der Waals surface area contributed by atoms with Gasteiger partial charge in [0.25, 0.3) is 20.4 Å². The minimum atomic E-state index is -4.46. The zero-order valence-corrected chi connectivity index (χ0v) is 57.7. The minimum Gasteiger partial charge on any atom is -0.399 e. The number of nitro groups is 2. The molecule has 5 aromatic rings. The van der Waals surface area contributed by atoms with Crippen molar-refractivity contribution in [2.75, 3.05) is 121 Å². The van der Waals surface area contributed by atoms with Gasteiger partial charge in [-0.3, -0.25) is 39.8 Å². The van der Waals surface area contributed by atoms with Crippen molar-refractivity contribution in [2.45, 2.75) is 105 Å². The normalized spacial score (nSPS) is 17.1. The Morgan fingerprint density at radius 3 is 1.16 bits per heavy atom. The SMILES string of the molecule is CC(C)N1CCN(S(=O)(=O)c2cccc(N)c2)CC1.CC(C)N1CCN(S(=O)(=O)c2cccc(NC(=O)Nc3ccc(C(F)(F)F)cc3)c2)CC1.CC(C)N1CCN(S(=O)(=O)c2cccc([N+](=O)[O-])c2)CC1.CC(C)N1CCNCC1.O=[N+]([O-])c1cccc(S(=O)(=O)Cl)c1. The molecule has 4 saturated heterocycles. The summed E-state index contributed by atoms with van der Waals surface area (Å²) in [4.78, 5) is 41.2. The van der Waals surface area contributed by atoms with Gasteiger partial charge >= 0.3 is 12.2 Å². The molecular weight excluding hydrogens is 1330 g/mol. The maximum absolute atomic E-state index is 13.0. The second-order valence-corrected chi connectivity index (χ2v) is 31.6. The largest absolute Gasteiger partial charge is 0.416 e. The molecule has 4 fully saturated rings. The molecule has 4 aliphatic heterocycles. The number of nitro benzene ring substituents is 2. The maximum Gasteiger partial charge on any atom is 0.416 e. The van der Waals surface area contributed by atoms with Crippen molar-refractivity contribution in [2.24, 2.45) is 0 Å². The smallest absolute Gasteiger partial charge is 0.399 e. The predicted molar refractivity (Wildman–Crippen MR) is 357 cm³/mol. The van der Waals surface area contributed by atoms with Gasteiger partial charge in [0.15, 0.2) is 0 Å². The summed E-state index contributed by atoms with van der Waals surface area (Å²) < 4.78 is 140. The van der Waals surface area contributed by atoms with Crippen LogP contribution in [-0.4, -0.2) is 211 Å². The Morgan fingerprint density at radius 1 is 0.479 bits per heavy atom. The second-order valence-electron chi connectivity index (χ2n) is 23.2. The maximum atomic E-state index is 13.0. The zero-order valence-electron chi connectivity index (χ0n) is 53.7. The van der Waals surface area contributed by atoms with E-state index in [0.29, 0.717) is 89.3 Å². The van der Waals surface area contributed by atoms with Gasteiger partial charge in [0.2, 0.25) is 30.1 Å². The molecular formula is C60H85ClF3N13O13S4. The van der Waals surface area contributed by atoms with Gasteiger partial charge in [0.05, 0.1) is 35.0 Å². The van der Waals surface area contributed by atoms with Crippen molar-refractivity contribution in [1.82, 2.24) is 37.8 Å². The molecule has 5 N–H and O–H groups in total. The van der Waals surface area contributed by atoms with E-state index in [4.69, 9.17) is 16.4 Å². The Labute approximate surface area is 554 Å². The molecule has 0 atom stereocenters. The van der Waals surface area contributed by atoms with E-state index >= 15 is 0 Å². The number of hydrogen-bond acceptors (Lipinski definition) is 19. The van der Waals surface area contributed by atoms with E-state index < -0.39 is 66.7 Å². The molecule has 34 heteroatoms. The number of halogens is 4. The average Bonchev–Trinajstić information content (AvgIpc) is 0.817. The Bertz CT molecular complexity index is 3780. The summed E-state index contributed by atoms with van der Waals surface area (Å²) in [5.74, 6) is 0. The molecule has 9 rings (SSSR count). The number of nitrogens with two attached hydrogens (primary N) is 1. The Balaban J connectivity index is 0.000000226. The third-order valence-corrected chi connectivity index (χ3v) is 22.6. The van der Waals surface area contributed by atoms with Gasteiger partial charge in [-0.05, 0) is 128 Å². The van der Waals surface area contributed by atoms with E-state index in [2.05, 4.69) is 90.9 Å². The Morgan fingerprint density at radius 2 is 0.809 bits per heavy atom. The number of rotatable bonds is 15. The molecule has 0 aromatic heterocycles. The fraction of sp³-hybridized carbons (Fsp3) is 0.483. The molecule has 0 aliphatic carbocycles. The first-order valence-corrected chi connectivity index (χ1v) is 36.9. The standard InChI is InChI=1S/C21H25F3N4O3S.C13H19N3O4S.C13H21N3O2S.C7H16N2.C6H4ClNO4S/c1-15(2)27-10-12-28(13-11-27)32(30,31)19-5-3-4-18(14-19)26-20(29)25-17-8-6-16(7-9-17)21(22,23)24;1-11(2)14-6-8-15(9-7-14)21(19,20)13-5-3-4-12(10-13)16(17)18;1-11(2)15-6-8-16(9-7-15)19(17,18)13-5-3-4-12(14)10-13;1-7(2)9-5-3-8-4-6-9;7-13(11,12)6-3-1-2-5(4-6)8(9)10/h3-9,14-15H,10-13H2,1-2H3,(H2,25,26,29);3-5,10-11H,6-9H2,1-2H3;3-5,10-11H,6-9,14H2,1-2H3;7-8H,3-6H2,1-2H3;1-4H. The number of amides is 2. The molecule has 0 unspecified atom stereocenters. The van der Waals surface area contributed by atoms with Crippen LogP contribution in [0.25, 0.3) is 0 Å². The summed E-state index contributed by atoms with van der Waals surface area (Å²) in [5, 5.41) is 29.3. The van der Waals surface area contributed by atoms with Crippen molar-refractivity contribution in [1.29, 1.82) is 0 Å². The third kappa shape index (κ3) is 23.4. The van der Waals surface area contributed by atoms with Crippen LogP contribution in [0.1, 0.15) is 61.0 Å². The summed E-state index contributed by atoms with van der Waals surface area (Å²) in [6, 6.07) is 27.3. The van der Waals surface area contributed by atoms with Crippen LogP contribution < -0.4 is 21.7 Å². The monoisotopic (exact) mass is 1420 g/mol. The number of nitrogens with one attached hydrogen (secondary N) is 3. The highest BCUT2D eigenvalue weighted by molar-refractivity contribution is 8.13. The lowest BCUT2D eigenvalue weighted by molar-refractivity contribution is -0.385. The number of carbonyl (C=O) groups excluding carboxylic acids is 1. The topological polar surface area (TPSA) is 325 Å². The average molecular weight is 1420 g/mol. The Hall–Kier alpha value is -6.47. The molecule has 94 heavy (non-hydrogen) atoms. The van der Waals surface area contributed by atoms with Crippen molar-refractivity contribution in [3.05, 3.63) is 147 Å². The van der Waals surface area contributed by atoms with Crippen LogP contribution in [0.3, 0.4) is 0 Å². The number of nitrogens with zero attached hydrogens (tertiary/aromatic N) is 9. The first kappa shape index (κ1) is 78.2. The van der Waals surface area contributed by atoms with Gasteiger partial charge in [-0.25, -0.2) is 38.5 Å². The summed E-state index contributed by atoms with van der Waals surface area (Å²) >= 11 is 0. The number of sulfonamides is 3.